The van der Waals surface area contributed by atoms with Gasteiger partial charge in [0.2, 0.25) is 0 Å². The average Bonchev–Trinajstić information content (AvgIpc) is 3.18. The number of thioether (sulfide) groups is 2. The van der Waals surface area contributed by atoms with Crippen LogP contribution in [0.3, 0.4) is 0 Å². The van der Waals surface area contributed by atoms with E-state index < -0.39 is 0 Å². The van der Waals surface area contributed by atoms with Gasteiger partial charge in [-0.15, -0.1) is 57.5 Å². The number of thiophene rings is 3. The van der Waals surface area contributed by atoms with Crippen molar-refractivity contribution in [2.75, 3.05) is 11.5 Å². The van der Waals surface area contributed by atoms with Gasteiger partial charge < -0.3 is 0 Å². The molecule has 0 atom stereocenters. The molecule has 0 unspecified atom stereocenters. The number of rotatable bonds is 2. The van der Waals surface area contributed by atoms with Crippen molar-refractivity contribution in [2.24, 2.45) is 0 Å². The van der Waals surface area contributed by atoms with Gasteiger partial charge in [0, 0.05) is 31.1 Å². The summed E-state index contributed by atoms with van der Waals surface area (Å²) in [6, 6.07) is 8.79. The van der Waals surface area contributed by atoms with Crippen LogP contribution >= 0.6 is 57.5 Å². The van der Waals surface area contributed by atoms with Gasteiger partial charge in [0.05, 0.1) is 9.75 Å². The van der Waals surface area contributed by atoms with E-state index in [9.17, 15) is 0 Å². The maximum atomic E-state index is 2.24. The van der Waals surface area contributed by atoms with Crippen molar-refractivity contribution in [1.29, 1.82) is 0 Å². The molecule has 0 fully saturated rings. The van der Waals surface area contributed by atoms with E-state index in [-0.39, 0.29) is 0 Å². The molecule has 4 rings (SSSR count). The Morgan fingerprint density at radius 3 is 1.68 bits per heavy atom. The highest BCUT2D eigenvalue weighted by Gasteiger charge is 2.24. The van der Waals surface area contributed by atoms with Gasteiger partial charge in [-0.3, -0.25) is 0 Å². The van der Waals surface area contributed by atoms with E-state index in [1.807, 2.05) is 57.5 Å². The van der Waals surface area contributed by atoms with Gasteiger partial charge in [-0.05, 0) is 22.9 Å². The van der Waals surface area contributed by atoms with Crippen LogP contribution < -0.4 is 0 Å². The van der Waals surface area contributed by atoms with Crippen LogP contribution in [0.1, 0.15) is 0 Å². The first kappa shape index (κ1) is 12.5. The van der Waals surface area contributed by atoms with Crippen LogP contribution in [0.4, 0.5) is 0 Å². The number of hydrogen-bond donors (Lipinski definition) is 0. The Kier molecular flexibility index (Phi) is 3.49. The molecule has 1 aliphatic rings. The molecule has 0 bridgehead atoms. The fourth-order valence-corrected chi connectivity index (χ4v) is 8.14. The third-order valence-electron chi connectivity index (χ3n) is 2.89. The maximum Gasteiger partial charge on any atom is 0.0597 e. The molecule has 5 heteroatoms. The van der Waals surface area contributed by atoms with Gasteiger partial charge in [0.15, 0.2) is 0 Å². The smallest absolute Gasteiger partial charge is 0.0597 e. The first-order chi connectivity index (χ1) is 9.43. The molecule has 1 aliphatic heterocycles. The first-order valence-corrected chi connectivity index (χ1v) is 10.5. The predicted molar refractivity (Wildman–Crippen MR) is 92.4 cm³/mol. The lowest BCUT2D eigenvalue weighted by Crippen LogP contribution is -1.92. The second kappa shape index (κ2) is 5.30. The standard InChI is InChI=1S/C14H10S5/c1-3-9(15-5-1)11-13-14(18-8-7-17-13)12(19-11)10-4-2-6-16-10/h1-6H,7-8H2. The maximum absolute atomic E-state index is 2.24. The van der Waals surface area contributed by atoms with Crippen LogP contribution in [-0.4, -0.2) is 11.5 Å². The van der Waals surface area contributed by atoms with Crippen LogP contribution in [0.2, 0.25) is 0 Å². The lowest BCUT2D eigenvalue weighted by atomic mass is 10.3. The third kappa shape index (κ3) is 2.21. The van der Waals surface area contributed by atoms with E-state index in [2.05, 4.69) is 35.0 Å². The molecule has 0 saturated carbocycles. The molecule has 0 amide bonds. The Morgan fingerprint density at radius 1 is 0.737 bits per heavy atom. The highest BCUT2D eigenvalue weighted by atomic mass is 32.2. The Balaban J connectivity index is 1.93. The summed E-state index contributed by atoms with van der Waals surface area (Å²) in [5, 5.41) is 4.35. The van der Waals surface area contributed by atoms with Crippen LogP contribution in [0.5, 0.6) is 0 Å². The first-order valence-electron chi connectivity index (χ1n) is 5.93. The van der Waals surface area contributed by atoms with Crippen LogP contribution in [0.15, 0.2) is 44.8 Å². The minimum absolute atomic E-state index is 1.23. The van der Waals surface area contributed by atoms with Gasteiger partial charge in [-0.25, -0.2) is 0 Å². The van der Waals surface area contributed by atoms with Crippen molar-refractivity contribution < 1.29 is 0 Å². The minimum atomic E-state index is 1.23. The summed E-state index contributed by atoms with van der Waals surface area (Å²) in [5.41, 5.74) is 0. The third-order valence-corrected chi connectivity index (χ3v) is 9.03. The lowest BCUT2D eigenvalue weighted by Gasteiger charge is -2.12. The van der Waals surface area contributed by atoms with Crippen molar-refractivity contribution in [1.82, 2.24) is 0 Å². The Morgan fingerprint density at radius 2 is 1.26 bits per heavy atom. The summed E-state index contributed by atoms with van der Waals surface area (Å²) >= 11 is 9.74. The molecular formula is C14H10S5. The van der Waals surface area contributed by atoms with E-state index in [0.717, 1.165) is 0 Å². The summed E-state index contributed by atoms with van der Waals surface area (Å²) < 4.78 is 0. The molecule has 0 radical (unpaired) electrons. The summed E-state index contributed by atoms with van der Waals surface area (Å²) in [7, 11) is 0. The van der Waals surface area contributed by atoms with Crippen molar-refractivity contribution in [3.63, 3.8) is 0 Å². The Labute approximate surface area is 132 Å². The zero-order chi connectivity index (χ0) is 12.7. The SMILES string of the molecule is c1csc(-c2sc(-c3cccs3)c3c2SCCS3)c1. The van der Waals surface area contributed by atoms with Crippen LogP contribution in [0, 0.1) is 0 Å². The zero-order valence-corrected chi connectivity index (χ0v) is 14.0. The molecule has 0 aromatic carbocycles. The Bertz CT molecular complexity index is 617. The molecule has 0 aliphatic carbocycles. The topological polar surface area (TPSA) is 0 Å². The molecular weight excluding hydrogens is 328 g/mol. The molecule has 19 heavy (non-hydrogen) atoms. The lowest BCUT2D eigenvalue weighted by molar-refractivity contribution is 1.30. The molecule has 3 aromatic rings. The monoisotopic (exact) mass is 338 g/mol. The largest absolute Gasteiger partial charge is 0.143 e. The second-order valence-electron chi connectivity index (χ2n) is 4.07. The van der Waals surface area contributed by atoms with Gasteiger partial charge in [-0.1, -0.05) is 12.1 Å². The Hall–Kier alpha value is -0.200. The molecule has 96 valence electrons. The van der Waals surface area contributed by atoms with E-state index in [1.54, 1.807) is 0 Å². The zero-order valence-electron chi connectivity index (χ0n) is 9.92. The van der Waals surface area contributed by atoms with E-state index in [1.165, 1.54) is 40.8 Å². The fourth-order valence-electron chi connectivity index (χ4n) is 2.09. The van der Waals surface area contributed by atoms with Gasteiger partial charge in [0.1, 0.15) is 0 Å². The quantitative estimate of drug-likeness (QED) is 0.530. The molecule has 0 nitrogen and oxygen atoms in total. The van der Waals surface area contributed by atoms with E-state index >= 15 is 0 Å². The average molecular weight is 339 g/mol. The van der Waals surface area contributed by atoms with Crippen LogP contribution in [0.25, 0.3) is 19.5 Å². The molecule has 3 aromatic heterocycles. The summed E-state index contributed by atoms with van der Waals surface area (Å²) in [6.45, 7) is 0. The second-order valence-corrected chi connectivity index (χ2v) is 9.20. The van der Waals surface area contributed by atoms with Gasteiger partial charge in [0.25, 0.3) is 0 Å². The molecule has 0 N–H and O–H groups in total. The summed E-state index contributed by atoms with van der Waals surface area (Å²) in [5.74, 6) is 2.47. The van der Waals surface area contributed by atoms with Crippen molar-refractivity contribution in [2.45, 2.75) is 9.79 Å². The van der Waals surface area contributed by atoms with Crippen molar-refractivity contribution in [3.05, 3.63) is 35.0 Å². The van der Waals surface area contributed by atoms with E-state index in [4.69, 9.17) is 0 Å². The highest BCUT2D eigenvalue weighted by molar-refractivity contribution is 8.06. The fraction of sp³-hybridized carbons (Fsp3) is 0.143. The molecule has 0 saturated heterocycles. The van der Waals surface area contributed by atoms with Crippen LogP contribution in [-0.2, 0) is 0 Å². The van der Waals surface area contributed by atoms with Gasteiger partial charge in [-0.2, -0.15) is 0 Å². The predicted octanol–water partition coefficient (Wildman–Crippen LogP) is 6.40. The summed E-state index contributed by atoms with van der Waals surface area (Å²) in [4.78, 5) is 8.83. The van der Waals surface area contributed by atoms with Gasteiger partial charge >= 0.3 is 0 Å². The molecule has 0 spiro atoms. The molecule has 4 heterocycles. The number of fused-ring (bicyclic) bond motifs is 1. The normalized spacial score (nSPS) is 14.5. The number of hydrogen-bond acceptors (Lipinski definition) is 5. The van der Waals surface area contributed by atoms with Crippen molar-refractivity contribution >= 4 is 57.5 Å². The van der Waals surface area contributed by atoms with E-state index in [0.29, 0.717) is 0 Å². The minimum Gasteiger partial charge on any atom is -0.143 e. The van der Waals surface area contributed by atoms with Crippen molar-refractivity contribution in [3.8, 4) is 19.5 Å². The summed E-state index contributed by atoms with van der Waals surface area (Å²) in [6.07, 6.45) is 0. The highest BCUT2D eigenvalue weighted by Crippen LogP contribution is 2.54.